The molecular weight excluding hydrogens is 370 g/mol. The topological polar surface area (TPSA) is 105 Å². The van der Waals surface area contributed by atoms with Gasteiger partial charge in [0.05, 0.1) is 11.3 Å². The molecule has 0 spiro atoms. The minimum atomic E-state index is -0.756. The summed E-state index contributed by atoms with van der Waals surface area (Å²) in [5, 5.41) is 8.73. The SMILES string of the molecule is CCO/N=C(\C(N)=O)c1cccnc1Oc1ccn(-c2ccc(Cl)cc2)n1. The fourth-order valence-electron chi connectivity index (χ4n) is 2.21. The number of hydrogen-bond donors (Lipinski definition) is 1. The lowest BCUT2D eigenvalue weighted by Crippen LogP contribution is -2.25. The number of halogens is 1. The molecule has 0 saturated heterocycles. The van der Waals surface area contributed by atoms with E-state index in [1.54, 1.807) is 48.1 Å². The first-order valence-corrected chi connectivity index (χ1v) is 8.41. The Morgan fingerprint density at radius 3 is 2.74 bits per heavy atom. The van der Waals surface area contributed by atoms with E-state index in [2.05, 4.69) is 15.2 Å². The average molecular weight is 386 g/mol. The van der Waals surface area contributed by atoms with Crippen LogP contribution in [0, 0.1) is 0 Å². The van der Waals surface area contributed by atoms with Crippen LogP contribution in [0.15, 0.2) is 60.0 Å². The van der Waals surface area contributed by atoms with Gasteiger partial charge in [0.15, 0.2) is 5.71 Å². The lowest BCUT2D eigenvalue weighted by atomic mass is 10.1. The van der Waals surface area contributed by atoms with E-state index in [0.29, 0.717) is 17.2 Å². The molecule has 138 valence electrons. The summed E-state index contributed by atoms with van der Waals surface area (Å²) in [6.07, 6.45) is 3.25. The van der Waals surface area contributed by atoms with Gasteiger partial charge >= 0.3 is 0 Å². The van der Waals surface area contributed by atoms with Crippen LogP contribution in [0.2, 0.25) is 5.02 Å². The van der Waals surface area contributed by atoms with Gasteiger partial charge in [-0.2, -0.15) is 0 Å². The second kappa shape index (κ2) is 8.33. The fraction of sp³-hybridized carbons (Fsp3) is 0.111. The van der Waals surface area contributed by atoms with Crippen LogP contribution in [0.3, 0.4) is 0 Å². The van der Waals surface area contributed by atoms with Gasteiger partial charge in [-0.25, -0.2) is 9.67 Å². The molecular formula is C18H16ClN5O3. The second-order valence-corrected chi connectivity index (χ2v) is 5.69. The normalized spacial score (nSPS) is 11.3. The van der Waals surface area contributed by atoms with Crippen molar-refractivity contribution in [2.24, 2.45) is 10.9 Å². The quantitative estimate of drug-likeness (QED) is 0.497. The maximum atomic E-state index is 11.7. The monoisotopic (exact) mass is 385 g/mol. The number of carbonyl (C=O) groups is 1. The molecule has 0 bridgehead atoms. The van der Waals surface area contributed by atoms with Crippen LogP contribution in [-0.4, -0.2) is 33.0 Å². The molecule has 2 aromatic heterocycles. The summed E-state index contributed by atoms with van der Waals surface area (Å²) >= 11 is 5.90. The van der Waals surface area contributed by atoms with Crippen molar-refractivity contribution in [2.75, 3.05) is 6.61 Å². The number of nitrogens with zero attached hydrogens (tertiary/aromatic N) is 4. The molecule has 3 rings (SSSR count). The number of amides is 1. The predicted molar refractivity (Wildman–Crippen MR) is 100 cm³/mol. The minimum Gasteiger partial charge on any atom is -0.418 e. The van der Waals surface area contributed by atoms with Gasteiger partial charge in [-0.1, -0.05) is 16.8 Å². The number of aromatic nitrogens is 3. The largest absolute Gasteiger partial charge is 0.418 e. The van der Waals surface area contributed by atoms with Crippen LogP contribution >= 0.6 is 11.6 Å². The highest BCUT2D eigenvalue weighted by atomic mass is 35.5. The molecule has 0 aliphatic rings. The van der Waals surface area contributed by atoms with E-state index >= 15 is 0 Å². The van der Waals surface area contributed by atoms with E-state index in [9.17, 15) is 4.79 Å². The number of ether oxygens (including phenoxy) is 1. The van der Waals surface area contributed by atoms with E-state index < -0.39 is 5.91 Å². The van der Waals surface area contributed by atoms with Crippen LogP contribution in [0.1, 0.15) is 12.5 Å². The van der Waals surface area contributed by atoms with Gasteiger partial charge in [0.25, 0.3) is 5.91 Å². The Hall–Kier alpha value is -3.39. The Kier molecular flexibility index (Phi) is 5.68. The highest BCUT2D eigenvalue weighted by Crippen LogP contribution is 2.23. The number of primary amides is 1. The first-order valence-electron chi connectivity index (χ1n) is 8.03. The number of oxime groups is 1. The molecule has 3 aromatic rings. The van der Waals surface area contributed by atoms with Crippen molar-refractivity contribution in [3.8, 4) is 17.4 Å². The smallest absolute Gasteiger partial charge is 0.271 e. The third-order valence-corrected chi connectivity index (χ3v) is 3.65. The lowest BCUT2D eigenvalue weighted by molar-refractivity contribution is -0.112. The summed E-state index contributed by atoms with van der Waals surface area (Å²) in [6, 6.07) is 12.1. The molecule has 0 atom stereocenters. The van der Waals surface area contributed by atoms with E-state index in [-0.39, 0.29) is 17.5 Å². The van der Waals surface area contributed by atoms with Crippen molar-refractivity contribution in [3.05, 3.63) is 65.4 Å². The minimum absolute atomic E-state index is 0.0860. The van der Waals surface area contributed by atoms with Gasteiger partial charge in [-0.05, 0) is 43.3 Å². The van der Waals surface area contributed by atoms with E-state index in [1.165, 1.54) is 6.20 Å². The van der Waals surface area contributed by atoms with Crippen molar-refractivity contribution in [2.45, 2.75) is 6.92 Å². The Morgan fingerprint density at radius 2 is 2.04 bits per heavy atom. The molecule has 0 radical (unpaired) electrons. The maximum absolute atomic E-state index is 11.7. The Morgan fingerprint density at radius 1 is 1.26 bits per heavy atom. The van der Waals surface area contributed by atoms with Gasteiger partial charge in [-0.15, -0.1) is 5.10 Å². The average Bonchev–Trinajstić information content (AvgIpc) is 3.12. The van der Waals surface area contributed by atoms with E-state index in [1.807, 2.05) is 12.1 Å². The molecule has 0 aliphatic heterocycles. The number of rotatable bonds is 7. The van der Waals surface area contributed by atoms with Gasteiger partial charge in [0.1, 0.15) is 6.61 Å². The highest BCUT2D eigenvalue weighted by Gasteiger charge is 2.19. The summed E-state index contributed by atoms with van der Waals surface area (Å²) in [5.74, 6) is -0.339. The number of benzene rings is 1. The Balaban J connectivity index is 1.89. The van der Waals surface area contributed by atoms with Crippen molar-refractivity contribution < 1.29 is 14.4 Å². The molecule has 0 fully saturated rings. The molecule has 2 heterocycles. The zero-order valence-electron chi connectivity index (χ0n) is 14.4. The first kappa shape index (κ1) is 18.4. The predicted octanol–water partition coefficient (Wildman–Crippen LogP) is 2.94. The molecule has 0 saturated carbocycles. The number of nitrogens with two attached hydrogens (primary N) is 1. The summed E-state index contributed by atoms with van der Waals surface area (Å²) in [5.41, 5.74) is 6.43. The number of carbonyl (C=O) groups excluding carboxylic acids is 1. The second-order valence-electron chi connectivity index (χ2n) is 5.26. The standard InChI is InChI=1S/C18H16ClN5O3/c1-2-26-23-16(17(20)25)14-4-3-10-21-18(14)27-15-9-11-24(22-15)13-7-5-12(19)6-8-13/h3-11H,2H2,1H3,(H2,20,25)/b23-16-. The highest BCUT2D eigenvalue weighted by molar-refractivity contribution is 6.45. The van der Waals surface area contributed by atoms with Crippen molar-refractivity contribution in [1.82, 2.24) is 14.8 Å². The first-order chi connectivity index (χ1) is 13.1. The molecule has 8 nitrogen and oxygen atoms in total. The van der Waals surface area contributed by atoms with Crippen LogP contribution in [-0.2, 0) is 9.63 Å². The number of pyridine rings is 1. The zero-order valence-corrected chi connectivity index (χ0v) is 15.1. The van der Waals surface area contributed by atoms with Crippen LogP contribution < -0.4 is 10.5 Å². The summed E-state index contributed by atoms with van der Waals surface area (Å²) < 4.78 is 7.36. The van der Waals surface area contributed by atoms with Gasteiger partial charge in [0.2, 0.25) is 11.8 Å². The van der Waals surface area contributed by atoms with E-state index in [4.69, 9.17) is 26.9 Å². The number of hydrogen-bond acceptors (Lipinski definition) is 6. The van der Waals surface area contributed by atoms with Crippen LogP contribution in [0.5, 0.6) is 11.8 Å². The van der Waals surface area contributed by atoms with Crippen LogP contribution in [0.25, 0.3) is 5.69 Å². The zero-order chi connectivity index (χ0) is 19.2. The third-order valence-electron chi connectivity index (χ3n) is 3.40. The molecule has 0 aliphatic carbocycles. The summed E-state index contributed by atoms with van der Waals surface area (Å²) in [6.45, 7) is 2.03. The molecule has 0 unspecified atom stereocenters. The third kappa shape index (κ3) is 4.42. The van der Waals surface area contributed by atoms with Crippen molar-refractivity contribution in [1.29, 1.82) is 0 Å². The molecule has 1 amide bonds. The molecule has 9 heteroatoms. The van der Waals surface area contributed by atoms with Crippen molar-refractivity contribution >= 4 is 23.2 Å². The molecule has 2 N–H and O–H groups in total. The molecule has 1 aromatic carbocycles. The van der Waals surface area contributed by atoms with Gasteiger partial charge in [0, 0.05) is 23.5 Å². The Bertz CT molecular complexity index is 969. The summed E-state index contributed by atoms with van der Waals surface area (Å²) in [7, 11) is 0. The van der Waals surface area contributed by atoms with Crippen molar-refractivity contribution in [3.63, 3.8) is 0 Å². The van der Waals surface area contributed by atoms with E-state index in [0.717, 1.165) is 5.69 Å². The van der Waals surface area contributed by atoms with Crippen LogP contribution in [0.4, 0.5) is 0 Å². The van der Waals surface area contributed by atoms with Gasteiger partial charge in [-0.3, -0.25) is 4.79 Å². The fourth-order valence-corrected chi connectivity index (χ4v) is 2.33. The Labute approximate surface area is 160 Å². The molecule has 27 heavy (non-hydrogen) atoms. The maximum Gasteiger partial charge on any atom is 0.271 e. The lowest BCUT2D eigenvalue weighted by Gasteiger charge is -2.08. The van der Waals surface area contributed by atoms with Gasteiger partial charge < -0.3 is 15.3 Å². The summed E-state index contributed by atoms with van der Waals surface area (Å²) in [4.78, 5) is 20.8.